The second kappa shape index (κ2) is 12.7. The Kier molecular flexibility index (Phi) is 11.1. The van der Waals surface area contributed by atoms with Crippen LogP contribution in [0.3, 0.4) is 0 Å². The minimum atomic E-state index is -0.673. The molecule has 0 aliphatic carbocycles. The molecule has 9 nitrogen and oxygen atoms in total. The number of nitrogens with one attached hydrogen (secondary N) is 3. The minimum absolute atomic E-state index is 0.0410. The van der Waals surface area contributed by atoms with E-state index < -0.39 is 23.4 Å². The highest BCUT2D eigenvalue weighted by Crippen LogP contribution is 2.08. The van der Waals surface area contributed by atoms with Crippen molar-refractivity contribution < 1.29 is 19.1 Å². The monoisotopic (exact) mass is 427 g/mol. The van der Waals surface area contributed by atoms with Crippen molar-refractivity contribution in [3.63, 3.8) is 0 Å². The van der Waals surface area contributed by atoms with Gasteiger partial charge >= 0.3 is 12.2 Å². The van der Waals surface area contributed by atoms with Gasteiger partial charge in [0, 0.05) is 32.7 Å². The Balaban J connectivity index is 2.42. The number of carbonyl (C=O) groups is 2. The Morgan fingerprint density at radius 1 is 0.867 bits per heavy atom. The lowest BCUT2D eigenvalue weighted by molar-refractivity contribution is 0.0545. The highest BCUT2D eigenvalue weighted by molar-refractivity contribution is 6.01. The van der Waals surface area contributed by atoms with Gasteiger partial charge in [-0.1, -0.05) is 12.8 Å². The maximum Gasteiger partial charge on any atom is 0.414 e. The summed E-state index contributed by atoms with van der Waals surface area (Å²) in [5.41, 5.74) is -1.29. The number of carbonyl (C=O) groups excluding carboxylic acids is 2. The number of rotatable bonds is 7. The number of aliphatic imine (C=N–C) groups is 1. The third-order valence-corrected chi connectivity index (χ3v) is 4.10. The van der Waals surface area contributed by atoms with Crippen molar-refractivity contribution >= 4 is 18.1 Å². The standard InChI is InChI=1S/C21H41N5O4/c1-20(2,3)29-18(27)24-17(25-19(28)30-21(4,5)6)23-11-9-7-8-10-14-26-15-12-22-13-16-26/h22H,7-16H2,1-6H3,(H2,23,24,25,27,28). The molecule has 174 valence electrons. The van der Waals surface area contributed by atoms with Crippen LogP contribution in [0.4, 0.5) is 9.59 Å². The topological polar surface area (TPSA) is 104 Å². The SMILES string of the molecule is CC(C)(C)OC(=O)NC(=NCCCCCCN1CCNCC1)NC(=O)OC(C)(C)C. The molecule has 0 spiro atoms. The van der Waals surface area contributed by atoms with E-state index in [1.165, 1.54) is 6.42 Å². The van der Waals surface area contributed by atoms with Crippen LogP contribution in [0.5, 0.6) is 0 Å². The van der Waals surface area contributed by atoms with Gasteiger partial charge in [-0.25, -0.2) is 9.59 Å². The molecule has 2 amide bonds. The van der Waals surface area contributed by atoms with Crippen LogP contribution >= 0.6 is 0 Å². The van der Waals surface area contributed by atoms with Gasteiger partial charge in [0.25, 0.3) is 0 Å². The number of nitrogens with zero attached hydrogens (tertiary/aromatic N) is 2. The van der Waals surface area contributed by atoms with Gasteiger partial charge in [0.05, 0.1) is 0 Å². The fraction of sp³-hybridized carbons (Fsp3) is 0.857. The molecule has 9 heteroatoms. The van der Waals surface area contributed by atoms with Crippen LogP contribution in [0, 0.1) is 0 Å². The third kappa shape index (κ3) is 14.2. The summed E-state index contributed by atoms with van der Waals surface area (Å²) < 4.78 is 10.5. The van der Waals surface area contributed by atoms with Gasteiger partial charge in [0.2, 0.25) is 5.96 Å². The molecular weight excluding hydrogens is 386 g/mol. The molecule has 0 aromatic heterocycles. The van der Waals surface area contributed by atoms with Crippen LogP contribution in [-0.4, -0.2) is 73.5 Å². The summed E-state index contributed by atoms with van der Waals surface area (Å²) in [6.07, 6.45) is 2.87. The van der Waals surface area contributed by atoms with Gasteiger partial charge in [-0.2, -0.15) is 0 Å². The lowest BCUT2D eigenvalue weighted by Gasteiger charge is -2.26. The van der Waals surface area contributed by atoms with Crippen LogP contribution in [-0.2, 0) is 9.47 Å². The first-order valence-electron chi connectivity index (χ1n) is 10.9. The Morgan fingerprint density at radius 3 is 1.87 bits per heavy atom. The second-order valence-electron chi connectivity index (χ2n) is 9.49. The predicted octanol–water partition coefficient (Wildman–Crippen LogP) is 2.86. The Labute approximate surface area is 181 Å². The van der Waals surface area contributed by atoms with Crippen molar-refractivity contribution in [3.05, 3.63) is 0 Å². The molecule has 0 radical (unpaired) electrons. The molecule has 30 heavy (non-hydrogen) atoms. The molecule has 0 atom stereocenters. The van der Waals surface area contributed by atoms with Crippen LogP contribution in [0.2, 0.25) is 0 Å². The number of alkyl carbamates (subject to hydrolysis) is 2. The summed E-state index contributed by atoms with van der Waals surface area (Å²) in [6.45, 7) is 16.6. The summed E-state index contributed by atoms with van der Waals surface area (Å²) in [6, 6.07) is 0. The third-order valence-electron chi connectivity index (χ3n) is 4.10. The van der Waals surface area contributed by atoms with Gasteiger partial charge < -0.3 is 19.7 Å². The molecule has 1 aliphatic rings. The fourth-order valence-electron chi connectivity index (χ4n) is 2.84. The lowest BCUT2D eigenvalue weighted by atomic mass is 10.2. The number of piperazine rings is 1. The lowest BCUT2D eigenvalue weighted by Crippen LogP contribution is -2.47. The Hall–Kier alpha value is -1.87. The van der Waals surface area contributed by atoms with Crippen LogP contribution in [0.25, 0.3) is 0 Å². The quantitative estimate of drug-likeness (QED) is 0.328. The zero-order chi connectivity index (χ0) is 22.6. The second-order valence-corrected chi connectivity index (χ2v) is 9.49. The van der Waals surface area contributed by atoms with Crippen LogP contribution in [0.15, 0.2) is 4.99 Å². The van der Waals surface area contributed by atoms with Crippen molar-refractivity contribution in [2.24, 2.45) is 4.99 Å². The van der Waals surface area contributed by atoms with Crippen molar-refractivity contribution in [3.8, 4) is 0 Å². The van der Waals surface area contributed by atoms with Gasteiger partial charge in [0.1, 0.15) is 11.2 Å². The fourth-order valence-corrected chi connectivity index (χ4v) is 2.84. The number of amides is 2. The number of hydrogen-bond donors (Lipinski definition) is 3. The molecule has 0 unspecified atom stereocenters. The van der Waals surface area contributed by atoms with E-state index in [2.05, 4.69) is 25.8 Å². The molecule has 1 rings (SSSR count). The zero-order valence-corrected chi connectivity index (χ0v) is 19.6. The average molecular weight is 428 g/mol. The zero-order valence-electron chi connectivity index (χ0n) is 19.6. The molecular formula is C21H41N5O4. The van der Waals surface area contributed by atoms with Gasteiger partial charge in [0.15, 0.2) is 0 Å². The summed E-state index contributed by atoms with van der Waals surface area (Å²) in [4.78, 5) is 30.9. The van der Waals surface area contributed by atoms with E-state index in [1.54, 1.807) is 41.5 Å². The smallest absolute Gasteiger partial charge is 0.414 e. The van der Waals surface area contributed by atoms with Crippen LogP contribution in [0.1, 0.15) is 67.2 Å². The number of ether oxygens (including phenoxy) is 2. The van der Waals surface area contributed by atoms with Gasteiger partial charge in [-0.15, -0.1) is 0 Å². The van der Waals surface area contributed by atoms with Gasteiger partial charge in [-0.3, -0.25) is 15.6 Å². The molecule has 1 heterocycles. The van der Waals surface area contributed by atoms with E-state index in [0.717, 1.165) is 52.0 Å². The summed E-state index contributed by atoms with van der Waals surface area (Å²) in [5, 5.41) is 8.36. The first kappa shape index (κ1) is 26.2. The average Bonchev–Trinajstić information content (AvgIpc) is 2.58. The first-order valence-corrected chi connectivity index (χ1v) is 10.9. The van der Waals surface area contributed by atoms with Crippen molar-refractivity contribution in [2.45, 2.75) is 78.4 Å². The highest BCUT2D eigenvalue weighted by atomic mass is 16.6. The van der Waals surface area contributed by atoms with E-state index in [1.807, 2.05) is 0 Å². The van der Waals surface area contributed by atoms with E-state index in [4.69, 9.17) is 9.47 Å². The Bertz CT molecular complexity index is 529. The maximum atomic E-state index is 12.0. The van der Waals surface area contributed by atoms with E-state index in [-0.39, 0.29) is 5.96 Å². The molecule has 0 aromatic rings. The summed E-state index contributed by atoms with van der Waals surface area (Å²) >= 11 is 0. The van der Waals surface area contributed by atoms with Crippen molar-refractivity contribution in [2.75, 3.05) is 39.3 Å². The van der Waals surface area contributed by atoms with E-state index in [9.17, 15) is 9.59 Å². The highest BCUT2D eigenvalue weighted by Gasteiger charge is 2.21. The number of guanidine groups is 1. The number of unbranched alkanes of at least 4 members (excludes halogenated alkanes) is 3. The molecule has 0 saturated carbocycles. The van der Waals surface area contributed by atoms with Crippen molar-refractivity contribution in [1.82, 2.24) is 20.9 Å². The van der Waals surface area contributed by atoms with Crippen LogP contribution < -0.4 is 16.0 Å². The number of hydrogen-bond acceptors (Lipinski definition) is 7. The van der Waals surface area contributed by atoms with Gasteiger partial charge in [-0.05, 0) is 60.9 Å². The Morgan fingerprint density at radius 2 is 1.37 bits per heavy atom. The molecule has 3 N–H and O–H groups in total. The molecule has 1 fully saturated rings. The maximum absolute atomic E-state index is 12.0. The molecule has 0 aromatic carbocycles. The molecule has 1 aliphatic heterocycles. The molecule has 1 saturated heterocycles. The largest absolute Gasteiger partial charge is 0.444 e. The normalized spacial score (nSPS) is 15.3. The van der Waals surface area contributed by atoms with E-state index >= 15 is 0 Å². The predicted molar refractivity (Wildman–Crippen MR) is 119 cm³/mol. The minimum Gasteiger partial charge on any atom is -0.444 e. The van der Waals surface area contributed by atoms with Crippen molar-refractivity contribution in [1.29, 1.82) is 0 Å². The molecule has 0 bridgehead atoms. The van der Waals surface area contributed by atoms with E-state index in [0.29, 0.717) is 6.54 Å². The summed E-state index contributed by atoms with van der Waals surface area (Å²) in [7, 11) is 0. The summed E-state index contributed by atoms with van der Waals surface area (Å²) in [5.74, 6) is 0.0410. The first-order chi connectivity index (χ1) is 13.9.